The zero-order valence-corrected chi connectivity index (χ0v) is 13.9. The van der Waals surface area contributed by atoms with Gasteiger partial charge in [0.25, 0.3) is 5.91 Å². The van der Waals surface area contributed by atoms with Crippen LogP contribution in [0.4, 0.5) is 0 Å². The van der Waals surface area contributed by atoms with Crippen molar-refractivity contribution >= 4 is 11.8 Å². The zero-order chi connectivity index (χ0) is 17.3. The summed E-state index contributed by atoms with van der Waals surface area (Å²) in [4.78, 5) is 40.4. The van der Waals surface area contributed by atoms with Crippen molar-refractivity contribution in [2.45, 2.75) is 19.3 Å². The van der Waals surface area contributed by atoms with Crippen LogP contribution in [0.25, 0.3) is 0 Å². The first-order chi connectivity index (χ1) is 11.5. The first-order valence-corrected chi connectivity index (χ1v) is 8.33. The van der Waals surface area contributed by atoms with Gasteiger partial charge in [0, 0.05) is 45.5 Å². The van der Waals surface area contributed by atoms with Crippen molar-refractivity contribution < 1.29 is 14.7 Å². The van der Waals surface area contributed by atoms with Gasteiger partial charge in [-0.05, 0) is 25.3 Å². The van der Waals surface area contributed by atoms with E-state index in [-0.39, 0.29) is 24.0 Å². The largest absolute Gasteiger partial charge is 0.395 e. The predicted molar refractivity (Wildman–Crippen MR) is 87.5 cm³/mol. The molecule has 0 radical (unpaired) electrons. The van der Waals surface area contributed by atoms with Gasteiger partial charge in [0.15, 0.2) is 0 Å². The number of β-amino-alcohol motifs (C(OH)–C–C–N with tert-alkyl or cyclic N) is 1. The number of hydrogen-bond acceptors (Lipinski definition) is 4. The van der Waals surface area contributed by atoms with Crippen molar-refractivity contribution in [2.24, 2.45) is 12.5 Å². The Morgan fingerprint density at radius 1 is 1.25 bits per heavy atom. The monoisotopic (exact) mass is 333 g/mol. The van der Waals surface area contributed by atoms with E-state index < -0.39 is 5.41 Å². The number of nitrogens with zero attached hydrogens (tertiary/aromatic N) is 3. The second kappa shape index (κ2) is 6.39. The van der Waals surface area contributed by atoms with E-state index in [1.807, 2.05) is 0 Å². The Hall–Kier alpha value is -2.15. The fourth-order valence-corrected chi connectivity index (χ4v) is 3.81. The summed E-state index contributed by atoms with van der Waals surface area (Å²) in [6.45, 7) is 1.95. The van der Waals surface area contributed by atoms with Crippen molar-refractivity contribution in [3.05, 3.63) is 34.2 Å². The fourth-order valence-electron chi connectivity index (χ4n) is 3.81. The van der Waals surface area contributed by atoms with Crippen molar-refractivity contribution in [1.82, 2.24) is 14.4 Å². The summed E-state index contributed by atoms with van der Waals surface area (Å²) < 4.78 is 1.38. The normalized spacial score (nSPS) is 24.0. The van der Waals surface area contributed by atoms with E-state index in [4.69, 9.17) is 5.11 Å². The van der Waals surface area contributed by atoms with Crippen molar-refractivity contribution in [2.75, 3.05) is 32.8 Å². The molecule has 2 aliphatic rings. The Balaban J connectivity index is 1.76. The SMILES string of the molecule is Cn1cc(C(=O)N2CCC3(CCCN(CCO)C3=O)C2)ccc1=O. The molecule has 7 heteroatoms. The number of aliphatic hydroxyl groups excluding tert-OH is 1. The van der Waals surface area contributed by atoms with E-state index in [1.54, 1.807) is 16.8 Å². The van der Waals surface area contributed by atoms with Gasteiger partial charge in [-0.25, -0.2) is 0 Å². The van der Waals surface area contributed by atoms with Gasteiger partial charge < -0.3 is 19.5 Å². The number of hydrogen-bond donors (Lipinski definition) is 1. The van der Waals surface area contributed by atoms with Gasteiger partial charge in [-0.2, -0.15) is 0 Å². The zero-order valence-electron chi connectivity index (χ0n) is 13.9. The van der Waals surface area contributed by atoms with E-state index in [0.717, 1.165) is 12.8 Å². The maximum absolute atomic E-state index is 12.8. The molecule has 1 aromatic heterocycles. The third-order valence-electron chi connectivity index (χ3n) is 5.17. The second-order valence-electron chi connectivity index (χ2n) is 6.74. The Kier molecular flexibility index (Phi) is 4.45. The van der Waals surface area contributed by atoms with Crippen LogP contribution < -0.4 is 5.56 Å². The van der Waals surface area contributed by atoms with Crippen molar-refractivity contribution in [3.8, 4) is 0 Å². The molecule has 2 saturated heterocycles. The number of likely N-dealkylation sites (tertiary alicyclic amines) is 2. The number of rotatable bonds is 3. The van der Waals surface area contributed by atoms with Gasteiger partial charge in [-0.15, -0.1) is 0 Å². The molecule has 3 rings (SSSR count). The molecule has 7 nitrogen and oxygen atoms in total. The Bertz CT molecular complexity index is 712. The minimum absolute atomic E-state index is 0.0392. The van der Waals surface area contributed by atoms with E-state index in [2.05, 4.69) is 0 Å². The van der Waals surface area contributed by atoms with Crippen LogP contribution in [-0.4, -0.2) is 64.1 Å². The number of pyridine rings is 1. The molecule has 1 spiro atoms. The molecule has 1 aromatic rings. The van der Waals surface area contributed by atoms with E-state index in [1.165, 1.54) is 22.9 Å². The summed E-state index contributed by atoms with van der Waals surface area (Å²) in [5.74, 6) is -0.0897. The van der Waals surface area contributed by atoms with Gasteiger partial charge in [0.1, 0.15) is 0 Å². The maximum atomic E-state index is 12.8. The molecule has 2 aliphatic heterocycles. The molecule has 0 saturated carbocycles. The summed E-state index contributed by atoms with van der Waals surface area (Å²) in [6, 6.07) is 2.92. The summed E-state index contributed by atoms with van der Waals surface area (Å²) in [7, 11) is 1.61. The topological polar surface area (TPSA) is 82.8 Å². The van der Waals surface area contributed by atoms with Gasteiger partial charge in [-0.3, -0.25) is 14.4 Å². The van der Waals surface area contributed by atoms with Crippen LogP contribution in [0.1, 0.15) is 29.6 Å². The molecular formula is C17H23N3O4. The number of carbonyl (C=O) groups excluding carboxylic acids is 2. The highest BCUT2D eigenvalue weighted by molar-refractivity contribution is 5.95. The summed E-state index contributed by atoms with van der Waals surface area (Å²) in [6.07, 6.45) is 3.88. The average molecular weight is 333 g/mol. The highest BCUT2D eigenvalue weighted by atomic mass is 16.3. The lowest BCUT2D eigenvalue weighted by atomic mass is 9.78. The third kappa shape index (κ3) is 2.84. The van der Waals surface area contributed by atoms with Crippen LogP contribution in [0.5, 0.6) is 0 Å². The standard InChI is InChI=1S/C17H23N3O4/c1-18-11-13(3-4-14(18)22)15(23)20-8-6-17(12-20)5-2-7-19(9-10-21)16(17)24/h3-4,11,21H,2,5-10,12H2,1H3. The molecule has 24 heavy (non-hydrogen) atoms. The fraction of sp³-hybridized carbons (Fsp3) is 0.588. The molecule has 2 fully saturated rings. The van der Waals surface area contributed by atoms with Gasteiger partial charge >= 0.3 is 0 Å². The molecule has 0 aromatic carbocycles. The molecule has 3 heterocycles. The molecule has 2 amide bonds. The second-order valence-corrected chi connectivity index (χ2v) is 6.74. The van der Waals surface area contributed by atoms with Crippen LogP contribution in [0.3, 0.4) is 0 Å². The maximum Gasteiger partial charge on any atom is 0.255 e. The quantitative estimate of drug-likeness (QED) is 0.833. The van der Waals surface area contributed by atoms with E-state index >= 15 is 0 Å². The van der Waals surface area contributed by atoms with Gasteiger partial charge in [-0.1, -0.05) is 0 Å². The summed E-state index contributed by atoms with van der Waals surface area (Å²) in [5.41, 5.74) is -0.208. The highest BCUT2D eigenvalue weighted by Gasteiger charge is 2.49. The Morgan fingerprint density at radius 3 is 2.75 bits per heavy atom. The highest BCUT2D eigenvalue weighted by Crippen LogP contribution is 2.40. The minimum Gasteiger partial charge on any atom is -0.395 e. The van der Waals surface area contributed by atoms with Crippen LogP contribution in [0.2, 0.25) is 0 Å². The van der Waals surface area contributed by atoms with E-state index in [9.17, 15) is 14.4 Å². The number of piperidine rings is 1. The molecule has 0 aliphatic carbocycles. The lowest BCUT2D eigenvalue weighted by Gasteiger charge is -2.39. The predicted octanol–water partition coefficient (Wildman–Crippen LogP) is -0.168. The van der Waals surface area contributed by atoms with E-state index in [0.29, 0.717) is 38.2 Å². The van der Waals surface area contributed by atoms with Gasteiger partial charge in [0.05, 0.1) is 17.6 Å². The molecule has 1 N–H and O–H groups in total. The Labute approximate surface area is 140 Å². The molecule has 0 bridgehead atoms. The van der Waals surface area contributed by atoms with Crippen LogP contribution in [0.15, 0.2) is 23.1 Å². The van der Waals surface area contributed by atoms with Crippen LogP contribution in [-0.2, 0) is 11.8 Å². The number of aliphatic hydroxyl groups is 1. The molecule has 130 valence electrons. The van der Waals surface area contributed by atoms with Crippen molar-refractivity contribution in [3.63, 3.8) is 0 Å². The third-order valence-corrected chi connectivity index (χ3v) is 5.17. The lowest BCUT2D eigenvalue weighted by Crippen LogP contribution is -2.51. The number of aromatic nitrogens is 1. The van der Waals surface area contributed by atoms with Crippen LogP contribution >= 0.6 is 0 Å². The molecule has 1 atom stereocenters. The number of carbonyl (C=O) groups is 2. The molecule has 1 unspecified atom stereocenters. The molecular weight excluding hydrogens is 310 g/mol. The minimum atomic E-state index is -0.510. The first-order valence-electron chi connectivity index (χ1n) is 8.33. The lowest BCUT2D eigenvalue weighted by molar-refractivity contribution is -0.146. The van der Waals surface area contributed by atoms with Gasteiger partial charge in [0.2, 0.25) is 11.5 Å². The smallest absolute Gasteiger partial charge is 0.255 e. The average Bonchev–Trinajstić information content (AvgIpc) is 2.99. The number of amides is 2. The summed E-state index contributed by atoms with van der Waals surface area (Å²) in [5, 5.41) is 9.12. The first kappa shape index (κ1) is 16.7. The Morgan fingerprint density at radius 2 is 2.04 bits per heavy atom. The van der Waals surface area contributed by atoms with Crippen LogP contribution in [0, 0.1) is 5.41 Å². The summed E-state index contributed by atoms with van der Waals surface area (Å²) >= 11 is 0. The van der Waals surface area contributed by atoms with Crippen molar-refractivity contribution in [1.29, 1.82) is 0 Å². The number of aryl methyl sites for hydroxylation is 1.